The minimum Gasteiger partial charge on any atom is -0.352 e. The molecule has 186 valence electrons. The van der Waals surface area contributed by atoms with Gasteiger partial charge in [-0.1, -0.05) is 62.4 Å². The summed E-state index contributed by atoms with van der Waals surface area (Å²) >= 11 is 0. The third kappa shape index (κ3) is 7.58. The van der Waals surface area contributed by atoms with Crippen molar-refractivity contribution >= 4 is 27.5 Å². The summed E-state index contributed by atoms with van der Waals surface area (Å²) in [7, 11) is -3.73. The van der Waals surface area contributed by atoms with Crippen molar-refractivity contribution in [1.29, 1.82) is 0 Å². The fourth-order valence-electron chi connectivity index (χ4n) is 3.68. The van der Waals surface area contributed by atoms with Gasteiger partial charge in [-0.05, 0) is 50.3 Å². The maximum atomic E-state index is 13.5. The summed E-state index contributed by atoms with van der Waals surface area (Å²) in [6.07, 6.45) is 3.05. The first-order valence-corrected chi connectivity index (χ1v) is 13.6. The van der Waals surface area contributed by atoms with Crippen LogP contribution in [0.1, 0.15) is 45.2 Å². The van der Waals surface area contributed by atoms with Gasteiger partial charge in [0, 0.05) is 12.6 Å². The highest BCUT2D eigenvalue weighted by molar-refractivity contribution is 7.92. The number of para-hydroxylation sites is 1. The standard InChI is InChI=1S/C26H37N3O4S/c1-6-20(3)27-26(31)21(4)28(18-17-22-13-9-8-10-14-22)25(30)19-29(34(5,32)33)24-16-12-11-15-23(24)7-2/h8-16,20-21H,6-7,17-19H2,1-5H3,(H,27,31)/t20-,21-/m0/s1. The molecule has 0 spiro atoms. The molecule has 0 radical (unpaired) electrons. The predicted molar refractivity (Wildman–Crippen MR) is 137 cm³/mol. The van der Waals surface area contributed by atoms with Gasteiger partial charge in [0.05, 0.1) is 11.9 Å². The molecule has 34 heavy (non-hydrogen) atoms. The first kappa shape index (κ1) is 27.4. The van der Waals surface area contributed by atoms with Crippen LogP contribution < -0.4 is 9.62 Å². The van der Waals surface area contributed by atoms with Crippen LogP contribution in [0, 0.1) is 0 Å². The Morgan fingerprint density at radius 1 is 0.971 bits per heavy atom. The van der Waals surface area contributed by atoms with E-state index in [9.17, 15) is 18.0 Å². The number of hydrogen-bond donors (Lipinski definition) is 1. The minimum absolute atomic E-state index is 0.0232. The number of benzene rings is 2. The zero-order chi connectivity index (χ0) is 25.3. The summed E-state index contributed by atoms with van der Waals surface area (Å²) in [6.45, 7) is 7.44. The third-order valence-electron chi connectivity index (χ3n) is 5.97. The Kier molecular flexibility index (Phi) is 10.1. The van der Waals surface area contributed by atoms with Crippen molar-refractivity contribution < 1.29 is 18.0 Å². The molecule has 0 aromatic heterocycles. The second-order valence-electron chi connectivity index (χ2n) is 8.57. The fourth-order valence-corrected chi connectivity index (χ4v) is 4.56. The van der Waals surface area contributed by atoms with Gasteiger partial charge in [0.1, 0.15) is 12.6 Å². The van der Waals surface area contributed by atoms with Crippen molar-refractivity contribution in [1.82, 2.24) is 10.2 Å². The summed E-state index contributed by atoms with van der Waals surface area (Å²) in [4.78, 5) is 27.9. The molecule has 0 unspecified atom stereocenters. The zero-order valence-corrected chi connectivity index (χ0v) is 21.6. The molecular weight excluding hydrogens is 450 g/mol. The number of amides is 2. The summed E-state index contributed by atoms with van der Waals surface area (Å²) in [5.74, 6) is -0.672. The van der Waals surface area contributed by atoms with Crippen LogP contribution in [0.25, 0.3) is 0 Å². The second kappa shape index (κ2) is 12.6. The maximum absolute atomic E-state index is 13.5. The number of hydrogen-bond acceptors (Lipinski definition) is 4. The Morgan fingerprint density at radius 3 is 2.18 bits per heavy atom. The van der Waals surface area contributed by atoms with E-state index in [0.717, 1.165) is 28.1 Å². The number of sulfonamides is 1. The van der Waals surface area contributed by atoms with Crippen LogP contribution in [0.15, 0.2) is 54.6 Å². The summed E-state index contributed by atoms with van der Waals surface area (Å²) in [6, 6.07) is 16.1. The van der Waals surface area contributed by atoms with Crippen LogP contribution in [-0.4, -0.2) is 56.6 Å². The third-order valence-corrected chi connectivity index (χ3v) is 7.10. The number of carbonyl (C=O) groups excluding carboxylic acids is 2. The predicted octanol–water partition coefficient (Wildman–Crippen LogP) is 3.39. The summed E-state index contributed by atoms with van der Waals surface area (Å²) < 4.78 is 26.5. The number of nitrogens with zero attached hydrogens (tertiary/aromatic N) is 2. The van der Waals surface area contributed by atoms with E-state index < -0.39 is 22.0 Å². The van der Waals surface area contributed by atoms with Crippen LogP contribution in [0.2, 0.25) is 0 Å². The molecular formula is C26H37N3O4S. The molecule has 2 rings (SSSR count). The fraction of sp³-hybridized carbons (Fsp3) is 0.462. The lowest BCUT2D eigenvalue weighted by molar-refractivity contribution is -0.139. The highest BCUT2D eigenvalue weighted by Crippen LogP contribution is 2.24. The highest BCUT2D eigenvalue weighted by atomic mass is 32.2. The van der Waals surface area contributed by atoms with Gasteiger partial charge >= 0.3 is 0 Å². The van der Waals surface area contributed by atoms with Crippen molar-refractivity contribution in [2.45, 2.75) is 59.0 Å². The first-order valence-electron chi connectivity index (χ1n) is 11.8. The number of anilines is 1. The quantitative estimate of drug-likeness (QED) is 0.497. The Balaban J connectivity index is 2.34. The number of carbonyl (C=O) groups is 2. The van der Waals surface area contributed by atoms with E-state index in [1.54, 1.807) is 19.1 Å². The van der Waals surface area contributed by atoms with E-state index in [1.165, 1.54) is 4.90 Å². The lowest BCUT2D eigenvalue weighted by Gasteiger charge is -2.32. The largest absolute Gasteiger partial charge is 0.352 e. The van der Waals surface area contributed by atoms with E-state index in [0.29, 0.717) is 25.1 Å². The molecule has 0 aliphatic carbocycles. The molecule has 0 saturated carbocycles. The van der Waals surface area contributed by atoms with Gasteiger partial charge in [-0.15, -0.1) is 0 Å². The van der Waals surface area contributed by atoms with E-state index >= 15 is 0 Å². The van der Waals surface area contributed by atoms with Crippen LogP contribution >= 0.6 is 0 Å². The van der Waals surface area contributed by atoms with Crippen molar-refractivity contribution in [2.24, 2.45) is 0 Å². The lowest BCUT2D eigenvalue weighted by Crippen LogP contribution is -2.53. The van der Waals surface area contributed by atoms with Crippen LogP contribution in [0.3, 0.4) is 0 Å². The topological polar surface area (TPSA) is 86.8 Å². The van der Waals surface area contributed by atoms with E-state index in [2.05, 4.69) is 5.32 Å². The van der Waals surface area contributed by atoms with E-state index in [-0.39, 0.29) is 18.5 Å². The van der Waals surface area contributed by atoms with Crippen molar-refractivity contribution in [3.63, 3.8) is 0 Å². The van der Waals surface area contributed by atoms with E-state index in [1.807, 2.05) is 63.2 Å². The molecule has 0 aliphatic heterocycles. The van der Waals surface area contributed by atoms with Crippen molar-refractivity contribution in [3.05, 3.63) is 65.7 Å². The molecule has 0 fully saturated rings. The second-order valence-corrected chi connectivity index (χ2v) is 10.5. The van der Waals surface area contributed by atoms with E-state index in [4.69, 9.17) is 0 Å². The average Bonchev–Trinajstić information content (AvgIpc) is 2.82. The van der Waals surface area contributed by atoms with Gasteiger partial charge < -0.3 is 10.2 Å². The molecule has 7 nitrogen and oxygen atoms in total. The van der Waals surface area contributed by atoms with Gasteiger partial charge in [0.15, 0.2) is 0 Å². The lowest BCUT2D eigenvalue weighted by atomic mass is 10.1. The van der Waals surface area contributed by atoms with Gasteiger partial charge in [0.2, 0.25) is 21.8 Å². The average molecular weight is 488 g/mol. The van der Waals surface area contributed by atoms with Crippen LogP contribution in [-0.2, 0) is 32.5 Å². The van der Waals surface area contributed by atoms with Gasteiger partial charge in [-0.25, -0.2) is 8.42 Å². The van der Waals surface area contributed by atoms with Crippen LogP contribution in [0.4, 0.5) is 5.69 Å². The van der Waals surface area contributed by atoms with Crippen LogP contribution in [0.5, 0.6) is 0 Å². The van der Waals surface area contributed by atoms with Crippen molar-refractivity contribution in [2.75, 3.05) is 23.7 Å². The molecule has 0 saturated heterocycles. The molecule has 2 amide bonds. The number of rotatable bonds is 12. The first-order chi connectivity index (χ1) is 16.1. The SMILES string of the molecule is CCc1ccccc1N(CC(=O)N(CCc1ccccc1)[C@@H](C)C(=O)N[C@@H](C)CC)S(C)(=O)=O. The highest BCUT2D eigenvalue weighted by Gasteiger charge is 2.30. The Bertz CT molecular complexity index is 1060. The molecule has 0 heterocycles. The maximum Gasteiger partial charge on any atom is 0.244 e. The zero-order valence-electron chi connectivity index (χ0n) is 20.8. The molecule has 1 N–H and O–H groups in total. The molecule has 8 heteroatoms. The van der Waals surface area contributed by atoms with Gasteiger partial charge in [-0.3, -0.25) is 13.9 Å². The summed E-state index contributed by atoms with van der Waals surface area (Å²) in [5.41, 5.74) is 2.35. The Morgan fingerprint density at radius 2 is 1.59 bits per heavy atom. The molecule has 2 aromatic rings. The normalized spacial score (nSPS) is 13.1. The number of nitrogens with one attached hydrogen (secondary N) is 1. The smallest absolute Gasteiger partial charge is 0.244 e. The number of aryl methyl sites for hydroxylation is 1. The monoisotopic (exact) mass is 487 g/mol. The summed E-state index contributed by atoms with van der Waals surface area (Å²) in [5, 5.41) is 2.93. The minimum atomic E-state index is -3.73. The van der Waals surface area contributed by atoms with Crippen molar-refractivity contribution in [3.8, 4) is 0 Å². The Labute approximate surface area is 204 Å². The molecule has 2 aromatic carbocycles. The van der Waals surface area contributed by atoms with Gasteiger partial charge in [0.25, 0.3) is 0 Å². The van der Waals surface area contributed by atoms with Gasteiger partial charge in [-0.2, -0.15) is 0 Å². The molecule has 0 aliphatic rings. The Hall–Kier alpha value is -2.87. The molecule has 2 atom stereocenters. The molecule has 0 bridgehead atoms.